The number of rotatable bonds is 5. The van der Waals surface area contributed by atoms with Crippen molar-refractivity contribution in [3.8, 4) is 0 Å². The number of sulfone groups is 1. The smallest absolute Gasteiger partial charge is 0.350 e. The van der Waals surface area contributed by atoms with Gasteiger partial charge in [0.1, 0.15) is 10.6 Å². The highest BCUT2D eigenvalue weighted by Crippen LogP contribution is 2.36. The summed E-state index contributed by atoms with van der Waals surface area (Å²) in [5, 5.41) is 3.23. The zero-order valence-corrected chi connectivity index (χ0v) is 16.3. The van der Waals surface area contributed by atoms with Crippen LogP contribution in [0.4, 0.5) is 5.69 Å². The maximum atomic E-state index is 12.5. The van der Waals surface area contributed by atoms with Gasteiger partial charge in [-0.3, -0.25) is 4.79 Å². The monoisotopic (exact) mass is 403 g/mol. The molecule has 0 radical (unpaired) electrons. The first-order chi connectivity index (χ1) is 12.8. The van der Waals surface area contributed by atoms with Crippen LogP contribution in [0.15, 0.2) is 53.4 Å². The van der Waals surface area contributed by atoms with E-state index in [4.69, 9.17) is 4.74 Å². The molecule has 0 saturated heterocycles. The molecular formula is C19H17NO5S2. The Labute approximate surface area is 160 Å². The fraction of sp³-hybridized carbons (Fsp3) is 0.158. The van der Waals surface area contributed by atoms with E-state index in [1.807, 2.05) is 19.1 Å². The number of carbonyl (C=O) groups is 2. The normalized spacial score (nSPS) is 11.3. The van der Waals surface area contributed by atoms with E-state index in [0.29, 0.717) is 5.39 Å². The van der Waals surface area contributed by atoms with Crippen molar-refractivity contribution < 1.29 is 22.7 Å². The minimum atomic E-state index is -3.80. The van der Waals surface area contributed by atoms with Crippen LogP contribution in [0.2, 0.25) is 0 Å². The van der Waals surface area contributed by atoms with Crippen molar-refractivity contribution in [3.05, 3.63) is 59.0 Å². The fourth-order valence-electron chi connectivity index (χ4n) is 2.58. The Morgan fingerprint density at radius 2 is 1.74 bits per heavy atom. The molecule has 8 heteroatoms. The van der Waals surface area contributed by atoms with E-state index in [-0.39, 0.29) is 15.5 Å². The zero-order valence-electron chi connectivity index (χ0n) is 14.7. The summed E-state index contributed by atoms with van der Waals surface area (Å²) in [4.78, 5) is 24.8. The number of benzene rings is 2. The molecule has 1 heterocycles. The molecule has 0 atom stereocenters. The number of amides is 1. The number of methoxy groups -OCH3 is 1. The highest BCUT2D eigenvalue weighted by Gasteiger charge is 2.24. The standard InChI is InChI=1S/C19H17NO5S2/c1-12-7-9-13(10-8-12)27(23,24)11-16(21)20-17-14-5-3-4-6-15(14)26-18(17)19(22)25-2/h3-10H,11H2,1-2H3,(H,20,21). The molecule has 140 valence electrons. The van der Waals surface area contributed by atoms with Gasteiger partial charge in [0.05, 0.1) is 17.7 Å². The van der Waals surface area contributed by atoms with Gasteiger partial charge in [-0.15, -0.1) is 11.3 Å². The van der Waals surface area contributed by atoms with Gasteiger partial charge in [-0.1, -0.05) is 35.9 Å². The highest BCUT2D eigenvalue weighted by atomic mass is 32.2. The number of fused-ring (bicyclic) bond motifs is 1. The first kappa shape index (κ1) is 19.1. The number of carbonyl (C=O) groups excluding carboxylic acids is 2. The molecule has 2 aromatic carbocycles. The van der Waals surface area contributed by atoms with Crippen LogP contribution in [0.3, 0.4) is 0 Å². The van der Waals surface area contributed by atoms with E-state index >= 15 is 0 Å². The van der Waals surface area contributed by atoms with Crippen molar-refractivity contribution in [2.45, 2.75) is 11.8 Å². The SMILES string of the molecule is COC(=O)c1sc2ccccc2c1NC(=O)CS(=O)(=O)c1ccc(C)cc1. The van der Waals surface area contributed by atoms with Crippen LogP contribution in [0.5, 0.6) is 0 Å². The predicted molar refractivity (Wildman–Crippen MR) is 105 cm³/mol. The first-order valence-corrected chi connectivity index (χ1v) is 10.5. The van der Waals surface area contributed by atoms with Gasteiger partial charge in [-0.05, 0) is 25.1 Å². The van der Waals surface area contributed by atoms with Crippen molar-refractivity contribution in [1.29, 1.82) is 0 Å². The predicted octanol–water partition coefficient (Wildman–Crippen LogP) is 3.41. The molecule has 0 aliphatic carbocycles. The average Bonchev–Trinajstić information content (AvgIpc) is 2.99. The first-order valence-electron chi connectivity index (χ1n) is 8.01. The Balaban J connectivity index is 1.90. The number of ether oxygens (including phenoxy) is 1. The fourth-order valence-corrected chi connectivity index (χ4v) is 4.79. The lowest BCUT2D eigenvalue weighted by Gasteiger charge is -2.08. The summed E-state index contributed by atoms with van der Waals surface area (Å²) in [7, 11) is -2.55. The molecule has 0 aliphatic rings. The quantitative estimate of drug-likeness (QED) is 0.660. The maximum absolute atomic E-state index is 12.5. The van der Waals surface area contributed by atoms with Gasteiger partial charge >= 0.3 is 5.97 Å². The van der Waals surface area contributed by atoms with Crippen LogP contribution in [-0.2, 0) is 19.4 Å². The second-order valence-electron chi connectivity index (χ2n) is 5.91. The Kier molecular flexibility index (Phi) is 5.29. The number of aryl methyl sites for hydroxylation is 1. The molecule has 3 rings (SSSR count). The Morgan fingerprint density at radius 3 is 2.41 bits per heavy atom. The molecule has 0 aliphatic heterocycles. The van der Waals surface area contributed by atoms with Crippen molar-refractivity contribution in [2.75, 3.05) is 18.2 Å². The topological polar surface area (TPSA) is 89.5 Å². The Bertz CT molecular complexity index is 1110. The molecule has 1 N–H and O–H groups in total. The van der Waals surface area contributed by atoms with Crippen LogP contribution in [-0.4, -0.2) is 33.2 Å². The van der Waals surface area contributed by atoms with Crippen molar-refractivity contribution in [2.24, 2.45) is 0 Å². The third kappa shape index (κ3) is 4.01. The van der Waals surface area contributed by atoms with Crippen molar-refractivity contribution in [1.82, 2.24) is 0 Å². The lowest BCUT2D eigenvalue weighted by Crippen LogP contribution is -2.23. The molecule has 0 saturated carbocycles. The number of hydrogen-bond acceptors (Lipinski definition) is 6. The molecular weight excluding hydrogens is 386 g/mol. The molecule has 0 spiro atoms. The molecule has 0 bridgehead atoms. The third-order valence-electron chi connectivity index (χ3n) is 3.93. The average molecular weight is 403 g/mol. The highest BCUT2D eigenvalue weighted by molar-refractivity contribution is 7.92. The number of esters is 1. The maximum Gasteiger partial charge on any atom is 0.350 e. The van der Waals surface area contributed by atoms with Crippen LogP contribution >= 0.6 is 11.3 Å². The minimum Gasteiger partial charge on any atom is -0.465 e. The van der Waals surface area contributed by atoms with Crippen LogP contribution in [0.1, 0.15) is 15.2 Å². The van der Waals surface area contributed by atoms with Gasteiger partial charge in [0.15, 0.2) is 9.84 Å². The molecule has 1 aromatic heterocycles. The molecule has 3 aromatic rings. The lowest BCUT2D eigenvalue weighted by molar-refractivity contribution is -0.113. The van der Waals surface area contributed by atoms with Gasteiger partial charge in [-0.2, -0.15) is 0 Å². The van der Waals surface area contributed by atoms with E-state index in [1.54, 1.807) is 24.3 Å². The van der Waals surface area contributed by atoms with Gasteiger partial charge in [0.2, 0.25) is 5.91 Å². The Morgan fingerprint density at radius 1 is 1.07 bits per heavy atom. The van der Waals surface area contributed by atoms with Crippen LogP contribution in [0, 0.1) is 6.92 Å². The summed E-state index contributed by atoms with van der Waals surface area (Å²) in [6.07, 6.45) is 0. The summed E-state index contributed by atoms with van der Waals surface area (Å²) in [6, 6.07) is 13.4. The minimum absolute atomic E-state index is 0.0756. The summed E-state index contributed by atoms with van der Waals surface area (Å²) in [5.74, 6) is -2.03. The molecule has 1 amide bonds. The number of anilines is 1. The van der Waals surface area contributed by atoms with E-state index in [2.05, 4.69) is 5.32 Å². The second-order valence-corrected chi connectivity index (χ2v) is 8.96. The van der Waals surface area contributed by atoms with Gasteiger partial charge in [-0.25, -0.2) is 13.2 Å². The van der Waals surface area contributed by atoms with Gasteiger partial charge < -0.3 is 10.1 Å². The van der Waals surface area contributed by atoms with E-state index < -0.39 is 27.5 Å². The molecule has 0 fully saturated rings. The summed E-state index contributed by atoms with van der Waals surface area (Å²) < 4.78 is 30.5. The summed E-state index contributed by atoms with van der Waals surface area (Å²) >= 11 is 1.18. The van der Waals surface area contributed by atoms with E-state index in [9.17, 15) is 18.0 Å². The number of hydrogen-bond donors (Lipinski definition) is 1. The van der Waals surface area contributed by atoms with Crippen molar-refractivity contribution in [3.63, 3.8) is 0 Å². The Hall–Kier alpha value is -2.71. The van der Waals surface area contributed by atoms with E-state index in [1.165, 1.54) is 30.6 Å². The lowest BCUT2D eigenvalue weighted by atomic mass is 10.2. The van der Waals surface area contributed by atoms with Crippen LogP contribution in [0.25, 0.3) is 10.1 Å². The molecule has 0 unspecified atom stereocenters. The summed E-state index contributed by atoms with van der Waals surface area (Å²) in [5.41, 5.74) is 1.19. The molecule has 6 nitrogen and oxygen atoms in total. The molecule has 27 heavy (non-hydrogen) atoms. The number of thiophene rings is 1. The number of nitrogens with one attached hydrogen (secondary N) is 1. The van der Waals surface area contributed by atoms with Crippen LogP contribution < -0.4 is 5.32 Å². The van der Waals surface area contributed by atoms with Gasteiger partial charge in [0.25, 0.3) is 0 Å². The summed E-state index contributed by atoms with van der Waals surface area (Å²) in [6.45, 7) is 1.85. The second kappa shape index (κ2) is 7.50. The van der Waals surface area contributed by atoms with Gasteiger partial charge in [0, 0.05) is 10.1 Å². The largest absolute Gasteiger partial charge is 0.465 e. The zero-order chi connectivity index (χ0) is 19.6. The van der Waals surface area contributed by atoms with Crippen molar-refractivity contribution >= 4 is 48.8 Å². The van der Waals surface area contributed by atoms with E-state index in [0.717, 1.165) is 10.3 Å². The third-order valence-corrected chi connectivity index (χ3v) is 6.72.